The van der Waals surface area contributed by atoms with Gasteiger partial charge in [-0.1, -0.05) is 31.4 Å². The number of nitrogens with one attached hydrogen (secondary N) is 1. The maximum Gasteiger partial charge on any atom is 0.276 e. The molecule has 2 fully saturated rings. The van der Waals surface area contributed by atoms with E-state index in [-0.39, 0.29) is 11.9 Å². The molecule has 2 aromatic carbocycles. The smallest absolute Gasteiger partial charge is 0.276 e. The van der Waals surface area contributed by atoms with Gasteiger partial charge in [0.2, 0.25) is 0 Å². The number of hydrogen-bond donors (Lipinski definition) is 1. The van der Waals surface area contributed by atoms with Gasteiger partial charge in [-0.2, -0.15) is 0 Å². The molecule has 0 radical (unpaired) electrons. The first-order valence-corrected chi connectivity index (χ1v) is 11.2. The minimum atomic E-state index is -0.0488. The van der Waals surface area contributed by atoms with Gasteiger partial charge < -0.3 is 14.8 Å². The highest BCUT2D eigenvalue weighted by Gasteiger charge is 2.36. The Kier molecular flexibility index (Phi) is 6.23. The van der Waals surface area contributed by atoms with Crippen molar-refractivity contribution in [3.05, 3.63) is 41.6 Å². The van der Waals surface area contributed by atoms with Crippen LogP contribution in [0.25, 0.3) is 16.8 Å². The fourth-order valence-electron chi connectivity index (χ4n) is 4.35. The summed E-state index contributed by atoms with van der Waals surface area (Å²) in [5, 5.41) is 5.70. The lowest BCUT2D eigenvalue weighted by Crippen LogP contribution is -2.41. The summed E-state index contributed by atoms with van der Waals surface area (Å²) in [7, 11) is 0. The highest BCUT2D eigenvalue weighted by atomic mass is 32.1. The molecule has 1 saturated heterocycles. The van der Waals surface area contributed by atoms with Crippen molar-refractivity contribution in [2.24, 2.45) is 0 Å². The van der Waals surface area contributed by atoms with Crippen LogP contribution in [0.1, 0.15) is 51.5 Å². The van der Waals surface area contributed by atoms with Crippen LogP contribution in [0, 0.1) is 0 Å². The Balaban J connectivity index is 1.76. The van der Waals surface area contributed by atoms with Gasteiger partial charge in [-0.15, -0.1) is 0 Å². The first-order valence-electron chi connectivity index (χ1n) is 10.8. The number of ether oxygens (including phenoxy) is 2. The molecule has 2 aromatic rings. The van der Waals surface area contributed by atoms with E-state index in [1.54, 1.807) is 4.90 Å². The Bertz CT molecular complexity index is 990. The predicted octanol–water partition coefficient (Wildman–Crippen LogP) is 5.03. The molecule has 1 saturated carbocycles. The Morgan fingerprint density at radius 1 is 1.10 bits per heavy atom. The van der Waals surface area contributed by atoms with Crippen LogP contribution in [0.15, 0.2) is 36.0 Å². The lowest BCUT2D eigenvalue weighted by atomic mass is 9.94. The van der Waals surface area contributed by atoms with Gasteiger partial charge in [0.05, 0.1) is 13.2 Å². The zero-order chi connectivity index (χ0) is 21.1. The van der Waals surface area contributed by atoms with Gasteiger partial charge in [-0.25, -0.2) is 0 Å². The number of carbonyl (C=O) groups is 1. The first-order chi connectivity index (χ1) is 14.6. The predicted molar refractivity (Wildman–Crippen MR) is 124 cm³/mol. The summed E-state index contributed by atoms with van der Waals surface area (Å²) in [6.45, 7) is 5.06. The maximum absolute atomic E-state index is 13.2. The van der Waals surface area contributed by atoms with E-state index in [4.69, 9.17) is 21.7 Å². The largest absolute Gasteiger partial charge is 0.494 e. The lowest BCUT2D eigenvalue weighted by Gasteiger charge is -2.29. The summed E-state index contributed by atoms with van der Waals surface area (Å²) in [5.41, 5.74) is 1.36. The molecule has 1 heterocycles. The third-order valence-electron chi connectivity index (χ3n) is 5.74. The zero-order valence-corrected chi connectivity index (χ0v) is 18.4. The molecule has 1 aliphatic carbocycles. The molecule has 1 aliphatic heterocycles. The number of fused-ring (bicyclic) bond motifs is 1. The van der Waals surface area contributed by atoms with Gasteiger partial charge in [0.15, 0.2) is 5.11 Å². The molecule has 158 valence electrons. The standard InChI is InChI=1S/C24H28N2O3S/c1-3-28-18-12-10-16-11-13-22(29-4-2)20(19(16)14-18)15-21-23(27)26(24(30)25-21)17-8-6-5-7-9-17/h10-15,17H,3-9H2,1-2H3,(H,25,30). The van der Waals surface area contributed by atoms with Crippen molar-refractivity contribution in [1.29, 1.82) is 0 Å². The molecule has 0 bridgehead atoms. The third kappa shape index (κ3) is 4.01. The van der Waals surface area contributed by atoms with E-state index in [2.05, 4.69) is 5.32 Å². The summed E-state index contributed by atoms with van der Waals surface area (Å²) in [4.78, 5) is 15.0. The highest BCUT2D eigenvalue weighted by Crippen LogP contribution is 2.34. The molecule has 0 spiro atoms. The van der Waals surface area contributed by atoms with Gasteiger partial charge in [-0.3, -0.25) is 9.69 Å². The minimum Gasteiger partial charge on any atom is -0.494 e. The molecule has 0 atom stereocenters. The average molecular weight is 425 g/mol. The van der Waals surface area contributed by atoms with Crippen LogP contribution in [-0.2, 0) is 4.79 Å². The molecule has 6 heteroatoms. The number of benzene rings is 2. The lowest BCUT2D eigenvalue weighted by molar-refractivity contribution is -0.124. The van der Waals surface area contributed by atoms with Gasteiger partial charge >= 0.3 is 0 Å². The fraction of sp³-hybridized carbons (Fsp3) is 0.417. The number of rotatable bonds is 6. The number of amides is 1. The van der Waals surface area contributed by atoms with E-state index < -0.39 is 0 Å². The third-order valence-corrected chi connectivity index (χ3v) is 6.04. The molecule has 4 rings (SSSR count). The van der Waals surface area contributed by atoms with Gasteiger partial charge in [0, 0.05) is 11.6 Å². The van der Waals surface area contributed by atoms with E-state index in [1.165, 1.54) is 6.42 Å². The monoisotopic (exact) mass is 424 g/mol. The van der Waals surface area contributed by atoms with Gasteiger partial charge in [0.1, 0.15) is 17.2 Å². The van der Waals surface area contributed by atoms with Crippen molar-refractivity contribution in [3.63, 3.8) is 0 Å². The molecule has 30 heavy (non-hydrogen) atoms. The van der Waals surface area contributed by atoms with Crippen molar-refractivity contribution in [2.45, 2.75) is 52.0 Å². The van der Waals surface area contributed by atoms with E-state index in [1.807, 2.05) is 50.3 Å². The van der Waals surface area contributed by atoms with Gasteiger partial charge in [0.25, 0.3) is 5.91 Å². The first kappa shape index (κ1) is 20.7. The number of thiocarbonyl (C=S) groups is 1. The van der Waals surface area contributed by atoms with E-state index in [0.717, 1.165) is 53.5 Å². The van der Waals surface area contributed by atoms with Crippen LogP contribution in [-0.4, -0.2) is 35.2 Å². The molecular weight excluding hydrogens is 396 g/mol. The van der Waals surface area contributed by atoms with Crippen LogP contribution in [0.5, 0.6) is 11.5 Å². The quantitative estimate of drug-likeness (QED) is 0.521. The Labute approximate surface area is 183 Å². The second-order valence-corrected chi connectivity index (χ2v) is 8.07. The van der Waals surface area contributed by atoms with Crippen molar-refractivity contribution < 1.29 is 14.3 Å². The number of nitrogens with zero attached hydrogens (tertiary/aromatic N) is 1. The number of hydrogen-bond acceptors (Lipinski definition) is 4. The fourth-order valence-corrected chi connectivity index (χ4v) is 4.69. The summed E-state index contributed by atoms with van der Waals surface area (Å²) in [6, 6.07) is 10.2. The van der Waals surface area contributed by atoms with Crippen LogP contribution in [0.2, 0.25) is 0 Å². The Morgan fingerprint density at radius 2 is 1.83 bits per heavy atom. The van der Waals surface area contributed by atoms with Crippen LogP contribution in [0.3, 0.4) is 0 Å². The van der Waals surface area contributed by atoms with Crippen molar-refractivity contribution in [3.8, 4) is 11.5 Å². The molecule has 5 nitrogen and oxygen atoms in total. The molecule has 1 amide bonds. The molecule has 2 aliphatic rings. The second kappa shape index (κ2) is 9.04. The topological polar surface area (TPSA) is 50.8 Å². The Morgan fingerprint density at radius 3 is 2.57 bits per heavy atom. The van der Waals surface area contributed by atoms with Crippen molar-refractivity contribution >= 4 is 40.1 Å². The second-order valence-electron chi connectivity index (χ2n) is 7.68. The Hall–Kier alpha value is -2.60. The van der Waals surface area contributed by atoms with E-state index in [0.29, 0.717) is 24.0 Å². The zero-order valence-electron chi connectivity index (χ0n) is 17.6. The van der Waals surface area contributed by atoms with E-state index >= 15 is 0 Å². The molecule has 1 N–H and O–H groups in total. The normalized spacial score (nSPS) is 18.9. The average Bonchev–Trinajstić information content (AvgIpc) is 3.03. The van der Waals surface area contributed by atoms with Gasteiger partial charge in [-0.05, 0) is 74.0 Å². The maximum atomic E-state index is 13.2. The SMILES string of the molecule is CCOc1ccc2ccc(OCC)c(C=C3NC(=S)N(C4CCCCC4)C3=O)c2c1. The molecule has 0 unspecified atom stereocenters. The van der Waals surface area contributed by atoms with Crippen molar-refractivity contribution in [1.82, 2.24) is 10.2 Å². The van der Waals surface area contributed by atoms with Crippen LogP contribution < -0.4 is 14.8 Å². The number of carbonyl (C=O) groups excluding carboxylic acids is 1. The summed E-state index contributed by atoms with van der Waals surface area (Å²) in [5.74, 6) is 1.48. The molecular formula is C24H28N2O3S. The van der Waals surface area contributed by atoms with Crippen molar-refractivity contribution in [2.75, 3.05) is 13.2 Å². The van der Waals surface area contributed by atoms with Crippen LogP contribution in [0.4, 0.5) is 0 Å². The highest BCUT2D eigenvalue weighted by molar-refractivity contribution is 7.80. The summed E-state index contributed by atoms with van der Waals surface area (Å²) >= 11 is 5.53. The summed E-state index contributed by atoms with van der Waals surface area (Å²) in [6.07, 6.45) is 7.42. The minimum absolute atomic E-state index is 0.0488. The van der Waals surface area contributed by atoms with E-state index in [9.17, 15) is 4.79 Å². The van der Waals surface area contributed by atoms with Crippen LogP contribution >= 0.6 is 12.2 Å². The molecule has 0 aromatic heterocycles. The summed E-state index contributed by atoms with van der Waals surface area (Å²) < 4.78 is 11.6.